The van der Waals surface area contributed by atoms with Gasteiger partial charge >= 0.3 is 0 Å². The van der Waals surface area contributed by atoms with Gasteiger partial charge in [-0.2, -0.15) is 0 Å². The number of para-hydroxylation sites is 2. The molecule has 0 aliphatic carbocycles. The van der Waals surface area contributed by atoms with E-state index in [1.807, 2.05) is 85.9 Å². The van der Waals surface area contributed by atoms with Crippen LogP contribution >= 0.6 is 11.8 Å². The fourth-order valence-electron chi connectivity index (χ4n) is 3.37. The molecule has 162 valence electrons. The summed E-state index contributed by atoms with van der Waals surface area (Å²) in [5, 5.41) is 3.37. The molecule has 0 aliphatic heterocycles. The number of thioether (sulfide) groups is 1. The zero-order chi connectivity index (χ0) is 22.2. The van der Waals surface area contributed by atoms with Crippen LogP contribution in [0.1, 0.15) is 23.3 Å². The maximum Gasteiger partial charge on any atom is 0.242 e. The molecule has 4 aromatic rings. The van der Waals surface area contributed by atoms with Crippen molar-refractivity contribution in [2.45, 2.75) is 23.9 Å². The highest BCUT2D eigenvalue weighted by Crippen LogP contribution is 2.36. The van der Waals surface area contributed by atoms with Crippen molar-refractivity contribution in [3.8, 4) is 5.75 Å². The number of benzene rings is 3. The smallest absolute Gasteiger partial charge is 0.242 e. The van der Waals surface area contributed by atoms with Gasteiger partial charge in [-0.1, -0.05) is 84.6 Å². The Bertz CT molecular complexity index is 1150. The Kier molecular flexibility index (Phi) is 7.25. The molecule has 0 spiro atoms. The number of aromatic nitrogens is 2. The van der Waals surface area contributed by atoms with Gasteiger partial charge in [-0.3, -0.25) is 4.79 Å². The molecular weight excluding hydrogens is 418 g/mol. The molecule has 0 saturated carbocycles. The first-order valence-electron chi connectivity index (χ1n) is 10.5. The number of carbonyl (C=O) groups is 1. The van der Waals surface area contributed by atoms with Crippen molar-refractivity contribution in [2.24, 2.45) is 0 Å². The summed E-state index contributed by atoms with van der Waals surface area (Å²) in [6, 6.07) is 27.5. The Hall–Kier alpha value is -3.51. The molecule has 1 amide bonds. The summed E-state index contributed by atoms with van der Waals surface area (Å²) in [5.41, 5.74) is 2.75. The van der Waals surface area contributed by atoms with Gasteiger partial charge in [0.1, 0.15) is 11.0 Å². The molecule has 5 nitrogen and oxygen atoms in total. The lowest BCUT2D eigenvalue weighted by atomic mass is 10.1. The van der Waals surface area contributed by atoms with E-state index in [1.54, 1.807) is 6.20 Å². The standard InChI is InChI=1S/C26H25N3O2S/c1-2-31-23-16-10-9-15-22(23)28-25(30)24(21-13-7-4-8-14-21)32-26-27-17-18-29(26)19-20-11-5-3-6-12-20/h3-18,24H,2,19H2,1H3,(H,28,30). The first kappa shape index (κ1) is 21.7. The molecular formula is C26H25N3O2S. The molecule has 32 heavy (non-hydrogen) atoms. The van der Waals surface area contributed by atoms with Crippen molar-refractivity contribution in [3.63, 3.8) is 0 Å². The minimum atomic E-state index is -0.470. The van der Waals surface area contributed by atoms with Gasteiger partial charge in [0, 0.05) is 18.9 Å². The summed E-state index contributed by atoms with van der Waals surface area (Å²) in [6.07, 6.45) is 3.72. The van der Waals surface area contributed by atoms with Gasteiger partial charge in [0.15, 0.2) is 5.16 Å². The Morgan fingerprint density at radius 1 is 1.00 bits per heavy atom. The summed E-state index contributed by atoms with van der Waals surface area (Å²) in [4.78, 5) is 18.0. The third-order valence-electron chi connectivity index (χ3n) is 4.88. The molecule has 0 radical (unpaired) electrons. The topological polar surface area (TPSA) is 56.1 Å². The number of rotatable bonds is 9. The third-order valence-corrected chi connectivity index (χ3v) is 6.15. The summed E-state index contributed by atoms with van der Waals surface area (Å²) in [5.74, 6) is 0.536. The summed E-state index contributed by atoms with van der Waals surface area (Å²) >= 11 is 1.44. The zero-order valence-corrected chi connectivity index (χ0v) is 18.7. The van der Waals surface area contributed by atoms with E-state index in [0.717, 1.165) is 10.7 Å². The second-order valence-corrected chi connectivity index (χ2v) is 8.22. The largest absolute Gasteiger partial charge is 0.492 e. The van der Waals surface area contributed by atoms with Crippen LogP contribution in [-0.2, 0) is 11.3 Å². The molecule has 1 heterocycles. The molecule has 1 atom stereocenters. The highest BCUT2D eigenvalue weighted by molar-refractivity contribution is 8.00. The number of hydrogen-bond donors (Lipinski definition) is 1. The molecule has 0 aliphatic rings. The van der Waals surface area contributed by atoms with Gasteiger partial charge in [-0.05, 0) is 30.2 Å². The SMILES string of the molecule is CCOc1ccccc1NC(=O)C(Sc1nccn1Cc1ccccc1)c1ccccc1. The molecule has 4 rings (SSSR count). The average molecular weight is 444 g/mol. The van der Waals surface area contributed by atoms with Crippen LogP contribution in [0.15, 0.2) is 102 Å². The fourth-order valence-corrected chi connectivity index (χ4v) is 4.42. The zero-order valence-electron chi connectivity index (χ0n) is 17.8. The van der Waals surface area contributed by atoms with Crippen molar-refractivity contribution in [2.75, 3.05) is 11.9 Å². The van der Waals surface area contributed by atoms with Crippen LogP contribution in [0.2, 0.25) is 0 Å². The monoisotopic (exact) mass is 443 g/mol. The summed E-state index contributed by atoms with van der Waals surface area (Å²) in [7, 11) is 0. The van der Waals surface area contributed by atoms with Crippen molar-refractivity contribution >= 4 is 23.4 Å². The molecule has 1 aromatic heterocycles. The van der Waals surface area contributed by atoms with Gasteiger partial charge in [-0.15, -0.1) is 0 Å². The number of anilines is 1. The molecule has 0 bridgehead atoms. The number of hydrogen-bond acceptors (Lipinski definition) is 4. The lowest BCUT2D eigenvalue weighted by molar-refractivity contribution is -0.115. The van der Waals surface area contributed by atoms with Crippen LogP contribution in [0.4, 0.5) is 5.69 Å². The predicted molar refractivity (Wildman–Crippen MR) is 129 cm³/mol. The van der Waals surface area contributed by atoms with Crippen LogP contribution in [-0.4, -0.2) is 22.1 Å². The highest BCUT2D eigenvalue weighted by atomic mass is 32.2. The van der Waals surface area contributed by atoms with Crippen LogP contribution in [0, 0.1) is 0 Å². The van der Waals surface area contributed by atoms with E-state index in [0.29, 0.717) is 24.6 Å². The van der Waals surface area contributed by atoms with E-state index >= 15 is 0 Å². The fraction of sp³-hybridized carbons (Fsp3) is 0.154. The van der Waals surface area contributed by atoms with Crippen LogP contribution in [0.3, 0.4) is 0 Å². The molecule has 0 saturated heterocycles. The van der Waals surface area contributed by atoms with Gasteiger partial charge in [-0.25, -0.2) is 4.98 Å². The van der Waals surface area contributed by atoms with E-state index in [2.05, 4.69) is 27.0 Å². The van der Waals surface area contributed by atoms with Gasteiger partial charge < -0.3 is 14.6 Å². The van der Waals surface area contributed by atoms with Crippen molar-refractivity contribution in [1.82, 2.24) is 9.55 Å². The van der Waals surface area contributed by atoms with Crippen LogP contribution in [0.5, 0.6) is 5.75 Å². The van der Waals surface area contributed by atoms with E-state index in [9.17, 15) is 4.79 Å². The molecule has 1 N–H and O–H groups in total. The first-order chi connectivity index (χ1) is 15.7. The first-order valence-corrected chi connectivity index (χ1v) is 11.4. The molecule has 6 heteroatoms. The lowest BCUT2D eigenvalue weighted by Crippen LogP contribution is -2.20. The summed E-state index contributed by atoms with van der Waals surface area (Å²) < 4.78 is 7.74. The Morgan fingerprint density at radius 3 is 2.44 bits per heavy atom. The highest BCUT2D eigenvalue weighted by Gasteiger charge is 2.25. The number of nitrogens with zero attached hydrogens (tertiary/aromatic N) is 2. The average Bonchev–Trinajstić information content (AvgIpc) is 3.26. The normalized spacial score (nSPS) is 11.7. The number of nitrogens with one attached hydrogen (secondary N) is 1. The minimum Gasteiger partial charge on any atom is -0.492 e. The van der Waals surface area contributed by atoms with Crippen molar-refractivity contribution in [3.05, 3.63) is 108 Å². The Morgan fingerprint density at radius 2 is 1.69 bits per heavy atom. The number of imidazole rings is 1. The number of amides is 1. The van der Waals surface area contributed by atoms with Crippen molar-refractivity contribution in [1.29, 1.82) is 0 Å². The number of ether oxygens (including phenoxy) is 1. The second-order valence-electron chi connectivity index (χ2n) is 7.15. The van der Waals surface area contributed by atoms with Gasteiger partial charge in [0.05, 0.1) is 12.3 Å². The van der Waals surface area contributed by atoms with E-state index in [4.69, 9.17) is 4.74 Å². The van der Waals surface area contributed by atoms with E-state index in [-0.39, 0.29) is 5.91 Å². The minimum absolute atomic E-state index is 0.123. The van der Waals surface area contributed by atoms with E-state index < -0.39 is 5.25 Å². The predicted octanol–water partition coefficient (Wildman–Crippen LogP) is 5.80. The van der Waals surface area contributed by atoms with Crippen LogP contribution in [0.25, 0.3) is 0 Å². The Balaban J connectivity index is 1.59. The quantitative estimate of drug-likeness (QED) is 0.332. The second kappa shape index (κ2) is 10.7. The molecule has 0 fully saturated rings. The van der Waals surface area contributed by atoms with E-state index in [1.165, 1.54) is 17.3 Å². The van der Waals surface area contributed by atoms with Crippen LogP contribution < -0.4 is 10.1 Å². The molecule has 1 unspecified atom stereocenters. The lowest BCUT2D eigenvalue weighted by Gasteiger charge is -2.19. The number of carbonyl (C=O) groups excluding carboxylic acids is 1. The summed E-state index contributed by atoms with van der Waals surface area (Å²) in [6.45, 7) is 3.15. The Labute approximate surface area is 192 Å². The maximum absolute atomic E-state index is 13.4. The van der Waals surface area contributed by atoms with Gasteiger partial charge in [0.25, 0.3) is 0 Å². The maximum atomic E-state index is 13.4. The third kappa shape index (κ3) is 5.39. The molecule has 3 aromatic carbocycles. The van der Waals surface area contributed by atoms with Gasteiger partial charge in [0.2, 0.25) is 5.91 Å². The van der Waals surface area contributed by atoms with Crippen molar-refractivity contribution < 1.29 is 9.53 Å².